The number of imide groups is 1. The number of fused-ring (bicyclic) bond motifs is 1. The number of anilines is 2. The number of amides is 3. The molecule has 2 aromatic carbocycles. The molecule has 12 nitrogen and oxygen atoms in total. The summed E-state index contributed by atoms with van der Waals surface area (Å²) in [5.74, 6) is 5.20. The second-order valence-electron chi connectivity index (χ2n) is 15.3. The summed E-state index contributed by atoms with van der Waals surface area (Å²) in [6, 6.07) is 12.8. The van der Waals surface area contributed by atoms with Crippen LogP contribution in [0.3, 0.4) is 0 Å². The van der Waals surface area contributed by atoms with E-state index in [1.807, 2.05) is 23.6 Å². The Morgan fingerprint density at radius 3 is 2.54 bits per heavy atom. The molecule has 0 bridgehead atoms. The average molecular weight is 771 g/mol. The molecule has 2 aromatic heterocycles. The summed E-state index contributed by atoms with van der Waals surface area (Å²) in [6.07, 6.45) is -2.62. The lowest BCUT2D eigenvalue weighted by atomic mass is 10.0. The number of likely N-dealkylation sites (N-methyl/N-ethyl adjacent to an activating group) is 1. The fraction of sp³-hybridized carbons (Fsp3) is 0.390. The zero-order valence-corrected chi connectivity index (χ0v) is 32.3. The summed E-state index contributed by atoms with van der Waals surface area (Å²) < 4.78 is 49.7. The molecule has 1 saturated heterocycles. The number of carbonyl (C=O) groups excluding carboxylic acids is 3. The first-order chi connectivity index (χ1) is 26.4. The highest BCUT2D eigenvalue weighted by atomic mass is 19.4. The number of nitrogens with two attached hydrogens (primary N) is 1. The second-order valence-corrected chi connectivity index (χ2v) is 15.3. The molecular formula is C41H45F3N8O4. The molecule has 1 fully saturated rings. The number of nitrogen functional groups attached to an aromatic ring is 1. The molecule has 2 aliphatic rings. The van der Waals surface area contributed by atoms with E-state index in [1.54, 1.807) is 58.2 Å². The lowest BCUT2D eigenvalue weighted by molar-refractivity contribution is -0.138. The molecule has 1 atom stereocenters. The molecule has 4 aromatic rings. The Labute approximate surface area is 323 Å². The summed E-state index contributed by atoms with van der Waals surface area (Å²) in [7, 11) is 5.73. The standard InChI is InChI=1S/C41H45F3N8O4/c1-40(2,3)56-39(55)52-17-15-33-31(37(52)54)21-34(50(33)6)36-27(22-46-38(45)48-36)11-10-25-8-7-9-26(18-25)19-35(53)47-29-13-12-28(32(20-29)41(42,43)44)23-51-16-14-30(24-51)49(4)5/h7-9,12-13,18,20-22,30H,14-17,19,23-24H2,1-6H3,(H,47,53)(H2,45,46,48)/t30-/m0/s1. The molecule has 15 heteroatoms. The van der Waals surface area contributed by atoms with Gasteiger partial charge in [0.25, 0.3) is 5.91 Å². The minimum Gasteiger partial charge on any atom is -0.443 e. The summed E-state index contributed by atoms with van der Waals surface area (Å²) in [6.45, 7) is 6.93. The van der Waals surface area contributed by atoms with Crippen LogP contribution in [0.5, 0.6) is 0 Å². The van der Waals surface area contributed by atoms with Crippen molar-refractivity contribution in [1.82, 2.24) is 29.2 Å². The van der Waals surface area contributed by atoms with Gasteiger partial charge in [0.2, 0.25) is 11.9 Å². The molecule has 0 unspecified atom stereocenters. The second kappa shape index (κ2) is 15.8. The van der Waals surface area contributed by atoms with Crippen molar-refractivity contribution >= 4 is 29.5 Å². The molecule has 6 rings (SSSR count). The van der Waals surface area contributed by atoms with Crippen LogP contribution in [0.15, 0.2) is 54.7 Å². The van der Waals surface area contributed by atoms with Crippen molar-refractivity contribution in [1.29, 1.82) is 0 Å². The van der Waals surface area contributed by atoms with E-state index < -0.39 is 35.2 Å². The normalized spacial score (nSPS) is 16.1. The first kappa shape index (κ1) is 40.0. The van der Waals surface area contributed by atoms with Crippen LogP contribution in [-0.4, -0.2) is 92.5 Å². The molecule has 2 aliphatic heterocycles. The molecule has 3 amide bonds. The lowest BCUT2D eigenvalue weighted by Gasteiger charge is -2.28. The SMILES string of the molecule is CN(C)[C@H]1CCN(Cc2ccc(NC(=O)Cc3cccc(C#Cc4cnc(N)nc4-c4cc5c(n4C)CCN(C(=O)OC(C)(C)C)C5=O)c3)cc2C(F)(F)F)C1. The highest BCUT2D eigenvalue weighted by molar-refractivity contribution is 6.05. The van der Waals surface area contributed by atoms with Crippen LogP contribution in [0.1, 0.15) is 71.1 Å². The highest BCUT2D eigenvalue weighted by Crippen LogP contribution is 2.35. The van der Waals surface area contributed by atoms with E-state index in [4.69, 9.17) is 10.5 Å². The van der Waals surface area contributed by atoms with Gasteiger partial charge >= 0.3 is 12.3 Å². The van der Waals surface area contributed by atoms with Crippen molar-refractivity contribution in [2.75, 3.05) is 44.8 Å². The summed E-state index contributed by atoms with van der Waals surface area (Å²) in [4.78, 5) is 53.0. The highest BCUT2D eigenvalue weighted by Gasteiger charge is 2.36. The van der Waals surface area contributed by atoms with Gasteiger partial charge in [-0.3, -0.25) is 14.5 Å². The molecule has 0 aliphatic carbocycles. The minimum absolute atomic E-state index is 0.00108. The first-order valence-corrected chi connectivity index (χ1v) is 18.2. The van der Waals surface area contributed by atoms with Crippen LogP contribution < -0.4 is 11.1 Å². The van der Waals surface area contributed by atoms with Gasteiger partial charge in [0.05, 0.1) is 28.8 Å². The largest absolute Gasteiger partial charge is 0.443 e. The van der Waals surface area contributed by atoms with E-state index in [1.165, 1.54) is 18.3 Å². The summed E-state index contributed by atoms with van der Waals surface area (Å²) in [5.41, 5.74) is 8.26. The van der Waals surface area contributed by atoms with Gasteiger partial charge in [0, 0.05) is 68.8 Å². The number of alkyl halides is 3. The van der Waals surface area contributed by atoms with Crippen LogP contribution in [0.25, 0.3) is 11.4 Å². The van der Waals surface area contributed by atoms with E-state index in [0.29, 0.717) is 59.2 Å². The number of carbonyl (C=O) groups is 3. The Morgan fingerprint density at radius 1 is 1.07 bits per heavy atom. The third-order valence-electron chi connectivity index (χ3n) is 9.77. The lowest BCUT2D eigenvalue weighted by Crippen LogP contribution is -2.44. The predicted molar refractivity (Wildman–Crippen MR) is 205 cm³/mol. The fourth-order valence-corrected chi connectivity index (χ4v) is 6.96. The third kappa shape index (κ3) is 9.21. The predicted octanol–water partition coefficient (Wildman–Crippen LogP) is 5.73. The Hall–Kier alpha value is -5.72. The Morgan fingerprint density at radius 2 is 1.84 bits per heavy atom. The van der Waals surface area contributed by atoms with Crippen LogP contribution in [-0.2, 0) is 42.1 Å². The molecule has 4 heterocycles. The van der Waals surface area contributed by atoms with E-state index in [9.17, 15) is 27.6 Å². The van der Waals surface area contributed by atoms with Gasteiger partial charge in [0.1, 0.15) is 11.3 Å². The van der Waals surface area contributed by atoms with Crippen LogP contribution in [0.4, 0.5) is 29.6 Å². The van der Waals surface area contributed by atoms with Gasteiger partial charge in [-0.05, 0) is 82.7 Å². The molecule has 0 spiro atoms. The Kier molecular flexibility index (Phi) is 11.3. The number of rotatable bonds is 7. The number of nitrogens with zero attached hydrogens (tertiary/aromatic N) is 6. The summed E-state index contributed by atoms with van der Waals surface area (Å²) in [5, 5.41) is 2.62. The van der Waals surface area contributed by atoms with Gasteiger partial charge < -0.3 is 25.3 Å². The van der Waals surface area contributed by atoms with Crippen LogP contribution >= 0.6 is 0 Å². The molecule has 56 heavy (non-hydrogen) atoms. The quantitative estimate of drug-likeness (QED) is 0.226. The Balaban J connectivity index is 1.17. The van der Waals surface area contributed by atoms with Gasteiger partial charge in [-0.1, -0.05) is 30.0 Å². The van der Waals surface area contributed by atoms with Gasteiger partial charge in [0.15, 0.2) is 0 Å². The van der Waals surface area contributed by atoms with Crippen LogP contribution in [0, 0.1) is 11.8 Å². The fourth-order valence-electron chi connectivity index (χ4n) is 6.96. The molecule has 0 radical (unpaired) electrons. The van der Waals surface area contributed by atoms with Crippen molar-refractivity contribution < 1.29 is 32.3 Å². The zero-order chi connectivity index (χ0) is 40.5. The van der Waals surface area contributed by atoms with Gasteiger partial charge in [-0.25, -0.2) is 19.7 Å². The number of aromatic nitrogens is 3. The van der Waals surface area contributed by atoms with Gasteiger partial charge in [-0.15, -0.1) is 0 Å². The first-order valence-electron chi connectivity index (χ1n) is 18.2. The third-order valence-corrected chi connectivity index (χ3v) is 9.77. The average Bonchev–Trinajstić information content (AvgIpc) is 3.72. The van der Waals surface area contributed by atoms with Crippen molar-refractivity contribution in [3.05, 3.63) is 93.8 Å². The zero-order valence-electron chi connectivity index (χ0n) is 32.3. The maximum Gasteiger partial charge on any atom is 0.417 e. The van der Waals surface area contributed by atoms with Crippen LogP contribution in [0.2, 0.25) is 0 Å². The number of halogens is 3. The van der Waals surface area contributed by atoms with Crippen molar-refractivity contribution in [2.45, 2.75) is 64.4 Å². The maximum absolute atomic E-state index is 14.1. The topological polar surface area (TPSA) is 139 Å². The summed E-state index contributed by atoms with van der Waals surface area (Å²) >= 11 is 0. The molecule has 0 saturated carbocycles. The van der Waals surface area contributed by atoms with Crippen molar-refractivity contribution in [3.63, 3.8) is 0 Å². The maximum atomic E-state index is 14.1. The van der Waals surface area contributed by atoms with E-state index in [2.05, 4.69) is 32.0 Å². The number of ether oxygens (including phenoxy) is 1. The number of hydrogen-bond acceptors (Lipinski definition) is 9. The van der Waals surface area contributed by atoms with Gasteiger partial charge in [-0.2, -0.15) is 13.2 Å². The Bertz CT molecular complexity index is 2230. The number of hydrogen-bond donors (Lipinski definition) is 2. The molecule has 294 valence electrons. The van der Waals surface area contributed by atoms with E-state index in [0.717, 1.165) is 23.1 Å². The molecular weight excluding hydrogens is 725 g/mol. The monoisotopic (exact) mass is 770 g/mol. The van der Waals surface area contributed by atoms with E-state index >= 15 is 0 Å². The number of likely N-dealkylation sites (tertiary alicyclic amines) is 1. The molecule has 3 N–H and O–H groups in total. The van der Waals surface area contributed by atoms with Crippen molar-refractivity contribution in [2.24, 2.45) is 7.05 Å². The van der Waals surface area contributed by atoms with E-state index in [-0.39, 0.29) is 36.7 Å². The van der Waals surface area contributed by atoms with Crippen molar-refractivity contribution in [3.8, 4) is 23.2 Å². The minimum atomic E-state index is -4.58. The smallest absolute Gasteiger partial charge is 0.417 e. The number of nitrogens with one attached hydrogen (secondary N) is 1. The number of benzene rings is 2.